The number of carbonyl (C=O) groups excluding carboxylic acids is 2. The predicted octanol–water partition coefficient (Wildman–Crippen LogP) is 5.12. The Kier molecular flexibility index (Phi) is 6.60. The molecule has 0 saturated carbocycles. The minimum absolute atomic E-state index is 0.0226. The van der Waals surface area contributed by atoms with Gasteiger partial charge in [0.1, 0.15) is 23.2 Å². The van der Waals surface area contributed by atoms with E-state index in [1.54, 1.807) is 36.4 Å². The number of nitrogens with one attached hydrogen (secondary N) is 1. The number of carbonyl (C=O) groups is 2. The Morgan fingerprint density at radius 3 is 2.74 bits per heavy atom. The highest BCUT2D eigenvalue weighted by atomic mass is 35.5. The summed E-state index contributed by atoms with van der Waals surface area (Å²) in [6.07, 6.45) is 0.851. The van der Waals surface area contributed by atoms with Gasteiger partial charge in [-0.15, -0.1) is 0 Å². The molecule has 7 nitrogen and oxygen atoms in total. The first kappa shape index (κ1) is 24.4. The number of rotatable bonds is 5. The van der Waals surface area contributed by atoms with E-state index in [-0.39, 0.29) is 35.2 Å². The highest BCUT2D eigenvalue weighted by Gasteiger charge is 2.43. The molecule has 0 bridgehead atoms. The largest absolute Gasteiger partial charge is 0.483 e. The van der Waals surface area contributed by atoms with Crippen LogP contribution >= 0.6 is 11.6 Å². The number of hydrogen-bond acceptors (Lipinski definition) is 6. The molecule has 180 valence electrons. The van der Waals surface area contributed by atoms with Gasteiger partial charge >= 0.3 is 0 Å². The van der Waals surface area contributed by atoms with Crippen LogP contribution in [-0.2, 0) is 14.3 Å². The third kappa shape index (κ3) is 5.03. The number of halogens is 1. The highest BCUT2D eigenvalue weighted by Crippen LogP contribution is 2.49. The molecule has 4 rings (SSSR count). The number of benzene rings is 2. The summed E-state index contributed by atoms with van der Waals surface area (Å²) in [5.74, 6) is -0.367. The van der Waals surface area contributed by atoms with E-state index in [9.17, 15) is 14.9 Å². The molecule has 0 saturated heterocycles. The van der Waals surface area contributed by atoms with Crippen LogP contribution in [0.2, 0.25) is 5.02 Å². The fourth-order valence-electron chi connectivity index (χ4n) is 4.46. The lowest BCUT2D eigenvalue weighted by molar-refractivity contribution is -0.119. The van der Waals surface area contributed by atoms with Crippen LogP contribution in [0.5, 0.6) is 5.75 Å². The third-order valence-electron chi connectivity index (χ3n) is 6.12. The summed E-state index contributed by atoms with van der Waals surface area (Å²) < 4.78 is 11.6. The van der Waals surface area contributed by atoms with Gasteiger partial charge in [0.05, 0.1) is 5.92 Å². The Morgan fingerprint density at radius 1 is 1.29 bits per heavy atom. The second-order valence-corrected chi connectivity index (χ2v) is 9.95. The van der Waals surface area contributed by atoms with Gasteiger partial charge in [-0.2, -0.15) is 5.26 Å². The summed E-state index contributed by atoms with van der Waals surface area (Å²) in [5.41, 5.74) is 8.43. The summed E-state index contributed by atoms with van der Waals surface area (Å²) in [4.78, 5) is 25.8. The number of ether oxygens (including phenoxy) is 2. The molecule has 0 radical (unpaired) electrons. The number of aryl methyl sites for hydroxylation is 1. The first-order valence-electron chi connectivity index (χ1n) is 11.2. The second-order valence-electron chi connectivity index (χ2n) is 9.54. The van der Waals surface area contributed by atoms with Gasteiger partial charge in [-0.3, -0.25) is 9.59 Å². The van der Waals surface area contributed by atoms with E-state index in [1.807, 2.05) is 26.8 Å². The molecule has 1 atom stereocenters. The number of ketones is 1. The second kappa shape index (κ2) is 9.47. The number of hydrogen-bond donors (Lipinski definition) is 2. The quantitative estimate of drug-likeness (QED) is 0.600. The van der Waals surface area contributed by atoms with Crippen LogP contribution in [0.15, 0.2) is 65.3 Å². The lowest BCUT2D eigenvalue weighted by atomic mass is 9.70. The molecule has 2 aromatic rings. The standard InChI is InChI=1S/C27H26ClN3O4/c1-15-8-9-16(10-19(15)28)31-23(33)14-34-21-7-5-4-6-17(21)24-18(13-29)26(30)35-22-12-27(2,3)11-20(32)25(22)24/h4-10,24H,11-12,14,30H2,1-3H3,(H,31,33). The molecule has 2 aromatic carbocycles. The van der Waals surface area contributed by atoms with Crippen LogP contribution in [0.1, 0.15) is 43.7 Å². The van der Waals surface area contributed by atoms with Gasteiger partial charge in [-0.25, -0.2) is 0 Å². The van der Waals surface area contributed by atoms with E-state index < -0.39 is 5.92 Å². The van der Waals surface area contributed by atoms with E-state index in [0.29, 0.717) is 46.2 Å². The molecule has 8 heteroatoms. The van der Waals surface area contributed by atoms with Crippen molar-refractivity contribution in [1.82, 2.24) is 0 Å². The fraction of sp³-hybridized carbons (Fsp3) is 0.296. The number of anilines is 1. The lowest BCUT2D eigenvalue weighted by Gasteiger charge is -2.37. The Hall–Kier alpha value is -3.76. The topological polar surface area (TPSA) is 114 Å². The average Bonchev–Trinajstić information content (AvgIpc) is 2.78. The minimum atomic E-state index is -0.734. The molecule has 1 aliphatic carbocycles. The minimum Gasteiger partial charge on any atom is -0.483 e. The summed E-state index contributed by atoms with van der Waals surface area (Å²) >= 11 is 6.14. The van der Waals surface area contributed by atoms with Crippen molar-refractivity contribution in [2.24, 2.45) is 11.1 Å². The van der Waals surface area contributed by atoms with Crippen LogP contribution in [0.4, 0.5) is 5.69 Å². The van der Waals surface area contributed by atoms with Gasteiger partial charge in [0.25, 0.3) is 5.91 Å². The van der Waals surface area contributed by atoms with E-state index in [4.69, 9.17) is 26.8 Å². The maximum absolute atomic E-state index is 13.2. The summed E-state index contributed by atoms with van der Waals surface area (Å²) in [5, 5.41) is 13.2. The van der Waals surface area contributed by atoms with Crippen molar-refractivity contribution in [2.45, 2.75) is 39.5 Å². The van der Waals surface area contributed by atoms with Crippen LogP contribution in [0, 0.1) is 23.7 Å². The monoisotopic (exact) mass is 491 g/mol. The molecule has 0 aromatic heterocycles. The first-order chi connectivity index (χ1) is 16.6. The maximum Gasteiger partial charge on any atom is 0.262 e. The fourth-order valence-corrected chi connectivity index (χ4v) is 4.64. The van der Waals surface area contributed by atoms with Crippen molar-refractivity contribution >= 4 is 29.0 Å². The molecular formula is C27H26ClN3O4. The van der Waals surface area contributed by atoms with Gasteiger partial charge < -0.3 is 20.5 Å². The molecule has 1 aliphatic heterocycles. The first-order valence-corrected chi connectivity index (χ1v) is 11.6. The number of nitriles is 1. The molecule has 2 aliphatic rings. The van der Waals surface area contributed by atoms with Crippen molar-refractivity contribution < 1.29 is 19.1 Å². The van der Waals surface area contributed by atoms with Gasteiger partial charge in [-0.1, -0.05) is 49.7 Å². The Morgan fingerprint density at radius 2 is 2.03 bits per heavy atom. The summed E-state index contributed by atoms with van der Waals surface area (Å²) in [7, 11) is 0. The molecule has 35 heavy (non-hydrogen) atoms. The Labute approximate surface area is 209 Å². The molecular weight excluding hydrogens is 466 g/mol. The van der Waals surface area contributed by atoms with Crippen LogP contribution in [-0.4, -0.2) is 18.3 Å². The molecule has 0 spiro atoms. The number of nitrogens with zero attached hydrogens (tertiary/aromatic N) is 1. The SMILES string of the molecule is Cc1ccc(NC(=O)COc2ccccc2C2C(C#N)=C(N)OC3=C2C(=O)CC(C)(C)C3)cc1Cl. The summed E-state index contributed by atoms with van der Waals surface area (Å²) in [6.45, 7) is 5.58. The van der Waals surface area contributed by atoms with Gasteiger partial charge in [0, 0.05) is 34.7 Å². The zero-order chi connectivity index (χ0) is 25.3. The predicted molar refractivity (Wildman–Crippen MR) is 132 cm³/mol. The highest BCUT2D eigenvalue weighted by molar-refractivity contribution is 6.31. The molecule has 1 unspecified atom stereocenters. The smallest absolute Gasteiger partial charge is 0.262 e. The zero-order valence-corrected chi connectivity index (χ0v) is 20.5. The van der Waals surface area contributed by atoms with Crippen molar-refractivity contribution in [1.29, 1.82) is 5.26 Å². The van der Waals surface area contributed by atoms with Crippen molar-refractivity contribution in [3.05, 3.63) is 81.4 Å². The number of Topliss-reactive ketones (excluding diaryl/α,β-unsaturated/α-hetero) is 1. The molecule has 1 amide bonds. The molecule has 3 N–H and O–H groups in total. The van der Waals surface area contributed by atoms with Gasteiger partial charge in [-0.05, 0) is 36.1 Å². The molecule has 0 fully saturated rings. The van der Waals surface area contributed by atoms with Crippen molar-refractivity contribution in [2.75, 3.05) is 11.9 Å². The van der Waals surface area contributed by atoms with E-state index in [0.717, 1.165) is 5.56 Å². The Balaban J connectivity index is 1.62. The third-order valence-corrected chi connectivity index (χ3v) is 6.53. The zero-order valence-electron chi connectivity index (χ0n) is 19.8. The number of allylic oxidation sites excluding steroid dienone is 3. The number of para-hydroxylation sites is 1. The van der Waals surface area contributed by atoms with Crippen LogP contribution in [0.25, 0.3) is 0 Å². The molecule has 1 heterocycles. The van der Waals surface area contributed by atoms with E-state index >= 15 is 0 Å². The normalized spacial score (nSPS) is 18.9. The van der Waals surface area contributed by atoms with Crippen LogP contribution < -0.4 is 15.8 Å². The lowest BCUT2D eigenvalue weighted by Crippen LogP contribution is -2.33. The van der Waals surface area contributed by atoms with E-state index in [2.05, 4.69) is 11.4 Å². The number of amides is 1. The summed E-state index contributed by atoms with van der Waals surface area (Å²) in [6, 6.07) is 14.4. The van der Waals surface area contributed by atoms with Gasteiger partial charge in [0.2, 0.25) is 5.88 Å². The van der Waals surface area contributed by atoms with Crippen molar-refractivity contribution in [3.63, 3.8) is 0 Å². The van der Waals surface area contributed by atoms with E-state index in [1.165, 1.54) is 0 Å². The van der Waals surface area contributed by atoms with Crippen molar-refractivity contribution in [3.8, 4) is 11.8 Å². The Bertz CT molecular complexity index is 1320. The average molecular weight is 492 g/mol. The maximum atomic E-state index is 13.2. The number of nitrogens with two attached hydrogens (primary N) is 1. The van der Waals surface area contributed by atoms with Crippen LogP contribution in [0.3, 0.4) is 0 Å². The van der Waals surface area contributed by atoms with Gasteiger partial charge in [0.15, 0.2) is 12.4 Å².